The van der Waals surface area contributed by atoms with Crippen molar-refractivity contribution in [1.82, 2.24) is 18.9 Å². The number of nitrogens with one attached hydrogen (secondary N) is 1. The summed E-state index contributed by atoms with van der Waals surface area (Å²) in [5.74, 6) is -0.848. The van der Waals surface area contributed by atoms with Gasteiger partial charge in [0.15, 0.2) is 5.75 Å². The highest BCUT2D eigenvalue weighted by atomic mass is 32.2. The van der Waals surface area contributed by atoms with Gasteiger partial charge in [0.1, 0.15) is 11.3 Å². The van der Waals surface area contributed by atoms with Crippen molar-refractivity contribution < 1.29 is 27.6 Å². The molecule has 0 bridgehead atoms. The van der Waals surface area contributed by atoms with E-state index in [4.69, 9.17) is 9.57 Å². The van der Waals surface area contributed by atoms with Gasteiger partial charge < -0.3 is 19.5 Å². The molecule has 11 nitrogen and oxygen atoms in total. The molecule has 42 heavy (non-hydrogen) atoms. The number of ether oxygens (including phenoxy) is 1. The van der Waals surface area contributed by atoms with E-state index in [1.54, 1.807) is 50.4 Å². The first-order valence-electron chi connectivity index (χ1n) is 13.4. The molecule has 0 saturated heterocycles. The van der Waals surface area contributed by atoms with Gasteiger partial charge in [0.25, 0.3) is 21.5 Å². The molecule has 0 fully saturated rings. The van der Waals surface area contributed by atoms with Crippen LogP contribution in [-0.2, 0) is 26.7 Å². The van der Waals surface area contributed by atoms with Crippen molar-refractivity contribution >= 4 is 32.7 Å². The fraction of sp³-hybridized carbons (Fsp3) is 0.300. The summed E-state index contributed by atoms with van der Waals surface area (Å²) in [7, 11) is 0.404. The number of rotatable bonds is 7. The van der Waals surface area contributed by atoms with Crippen LogP contribution in [0.4, 0.5) is 0 Å². The summed E-state index contributed by atoms with van der Waals surface area (Å²) in [6.45, 7) is 5.45. The number of pyridine rings is 1. The third kappa shape index (κ3) is 4.71. The number of hydrogen-bond acceptors (Lipinski definition) is 7. The second-order valence-corrected chi connectivity index (χ2v) is 12.3. The number of carbonyl (C=O) groups is 2. The molecule has 1 N–H and O–H groups in total. The first-order valence-corrected chi connectivity index (χ1v) is 14.8. The van der Waals surface area contributed by atoms with Crippen LogP contribution in [0.3, 0.4) is 0 Å². The average molecular weight is 593 g/mol. The number of hydrogen-bond donors (Lipinski definition) is 1. The van der Waals surface area contributed by atoms with E-state index in [2.05, 4.69) is 5.32 Å². The zero-order valence-electron chi connectivity index (χ0n) is 24.2. The van der Waals surface area contributed by atoms with Crippen LogP contribution in [0.1, 0.15) is 37.3 Å². The van der Waals surface area contributed by atoms with Crippen molar-refractivity contribution in [1.29, 1.82) is 0 Å². The standard InChI is InChI=1S/C30H32N4O7S/c1-17(2)34-29(36)24(15-26(35)31-4)22-13-19(40-6)14-23(28(22)41-34)25-16-32(5)30(37)27-21(25)11-12-33(27)42(38,39)20-9-7-18(3)8-10-20/h7-14,16-17,24H,15H2,1-6H3,(H,31,35). The first kappa shape index (κ1) is 28.9. The Hall–Kier alpha value is -4.58. The number of aromatic nitrogens is 2. The monoisotopic (exact) mass is 592 g/mol. The van der Waals surface area contributed by atoms with Crippen LogP contribution in [0.5, 0.6) is 11.5 Å². The molecule has 12 heteroatoms. The second-order valence-electron chi connectivity index (χ2n) is 10.5. The first-order chi connectivity index (χ1) is 19.9. The predicted molar refractivity (Wildman–Crippen MR) is 157 cm³/mol. The van der Waals surface area contributed by atoms with Crippen LogP contribution < -0.4 is 20.5 Å². The minimum Gasteiger partial charge on any atom is -0.497 e. The second kappa shape index (κ2) is 10.7. The Balaban J connectivity index is 1.80. The van der Waals surface area contributed by atoms with Crippen molar-refractivity contribution in [3.8, 4) is 22.6 Å². The van der Waals surface area contributed by atoms with Gasteiger partial charge in [-0.15, -0.1) is 0 Å². The van der Waals surface area contributed by atoms with Gasteiger partial charge in [0.05, 0.1) is 24.0 Å². The summed E-state index contributed by atoms with van der Waals surface area (Å²) >= 11 is 0. The lowest BCUT2D eigenvalue weighted by atomic mass is 9.88. The summed E-state index contributed by atoms with van der Waals surface area (Å²) in [5.41, 5.74) is 1.75. The Labute approximate surface area is 243 Å². The van der Waals surface area contributed by atoms with E-state index in [1.165, 1.54) is 49.2 Å². The van der Waals surface area contributed by atoms with Crippen LogP contribution in [0.2, 0.25) is 0 Å². The van der Waals surface area contributed by atoms with Crippen LogP contribution in [0.15, 0.2) is 64.5 Å². The smallest absolute Gasteiger partial charge is 0.275 e. The summed E-state index contributed by atoms with van der Waals surface area (Å²) in [4.78, 5) is 45.6. The summed E-state index contributed by atoms with van der Waals surface area (Å²) in [6, 6.07) is 11.0. The van der Waals surface area contributed by atoms with Crippen molar-refractivity contribution in [2.45, 2.75) is 44.0 Å². The van der Waals surface area contributed by atoms with E-state index < -0.39 is 21.5 Å². The average Bonchev–Trinajstić information content (AvgIpc) is 3.42. The van der Waals surface area contributed by atoms with E-state index in [-0.39, 0.29) is 34.7 Å². The van der Waals surface area contributed by atoms with Crippen LogP contribution in [0, 0.1) is 6.92 Å². The molecule has 1 atom stereocenters. The molecule has 4 aromatic rings. The molecule has 2 amide bonds. The molecule has 1 aliphatic heterocycles. The predicted octanol–water partition coefficient (Wildman–Crippen LogP) is 3.33. The van der Waals surface area contributed by atoms with Gasteiger partial charge >= 0.3 is 0 Å². The number of fused-ring (bicyclic) bond motifs is 2. The Morgan fingerprint density at radius 2 is 1.79 bits per heavy atom. The fourth-order valence-electron chi connectivity index (χ4n) is 5.15. The topological polar surface area (TPSA) is 129 Å². The van der Waals surface area contributed by atoms with E-state index >= 15 is 0 Å². The molecule has 1 aliphatic rings. The van der Waals surface area contributed by atoms with Crippen LogP contribution in [0.25, 0.3) is 22.0 Å². The van der Waals surface area contributed by atoms with Crippen LogP contribution in [-0.4, -0.2) is 54.0 Å². The van der Waals surface area contributed by atoms with Crippen molar-refractivity contribution in [3.63, 3.8) is 0 Å². The number of nitrogens with zero attached hydrogens (tertiary/aromatic N) is 3. The quantitative estimate of drug-likeness (QED) is 0.349. The number of amides is 2. The maximum atomic E-state index is 13.7. The number of aryl methyl sites for hydroxylation is 2. The molecular formula is C30H32N4O7S. The Morgan fingerprint density at radius 3 is 2.40 bits per heavy atom. The molecule has 0 spiro atoms. The molecule has 3 heterocycles. The third-order valence-corrected chi connectivity index (χ3v) is 9.09. The largest absolute Gasteiger partial charge is 0.497 e. The molecule has 0 radical (unpaired) electrons. The number of hydroxylamine groups is 2. The number of methoxy groups -OCH3 is 1. The molecule has 5 rings (SSSR count). The van der Waals surface area contributed by atoms with E-state index in [1.807, 2.05) is 6.92 Å². The molecule has 1 unspecified atom stereocenters. The van der Waals surface area contributed by atoms with Gasteiger partial charge in [-0.3, -0.25) is 14.4 Å². The fourth-order valence-corrected chi connectivity index (χ4v) is 6.49. The lowest BCUT2D eigenvalue weighted by molar-refractivity contribution is -0.170. The van der Waals surface area contributed by atoms with Crippen molar-refractivity contribution in [3.05, 3.63) is 76.3 Å². The van der Waals surface area contributed by atoms with E-state index in [0.717, 1.165) is 9.54 Å². The Morgan fingerprint density at radius 1 is 1.10 bits per heavy atom. The van der Waals surface area contributed by atoms with E-state index in [0.29, 0.717) is 33.6 Å². The highest BCUT2D eigenvalue weighted by Gasteiger charge is 2.40. The third-order valence-electron chi connectivity index (χ3n) is 7.40. The van der Waals surface area contributed by atoms with Crippen molar-refractivity contribution in [2.24, 2.45) is 7.05 Å². The van der Waals surface area contributed by atoms with Gasteiger partial charge in [-0.25, -0.2) is 12.4 Å². The highest BCUT2D eigenvalue weighted by molar-refractivity contribution is 7.90. The molecule has 2 aromatic heterocycles. The molecular weight excluding hydrogens is 560 g/mol. The molecule has 0 aliphatic carbocycles. The highest BCUT2D eigenvalue weighted by Crippen LogP contribution is 2.46. The normalized spacial score (nSPS) is 15.1. The maximum Gasteiger partial charge on any atom is 0.275 e. The molecule has 2 aromatic carbocycles. The summed E-state index contributed by atoms with van der Waals surface area (Å²) in [6.07, 6.45) is 2.84. The van der Waals surface area contributed by atoms with Gasteiger partial charge in [-0.05, 0) is 51.1 Å². The van der Waals surface area contributed by atoms with Gasteiger partial charge in [-0.1, -0.05) is 17.7 Å². The lowest BCUT2D eigenvalue weighted by Crippen LogP contribution is -2.46. The van der Waals surface area contributed by atoms with E-state index in [9.17, 15) is 22.8 Å². The van der Waals surface area contributed by atoms with Gasteiger partial charge in [0, 0.05) is 55.0 Å². The molecule has 220 valence electrons. The Bertz CT molecular complexity index is 1890. The van der Waals surface area contributed by atoms with Crippen molar-refractivity contribution in [2.75, 3.05) is 14.2 Å². The van der Waals surface area contributed by atoms with Crippen LogP contribution >= 0.6 is 0 Å². The minimum atomic E-state index is -4.11. The zero-order chi connectivity index (χ0) is 30.5. The van der Waals surface area contributed by atoms with Gasteiger partial charge in [0.2, 0.25) is 5.91 Å². The molecule has 0 saturated carbocycles. The number of benzene rings is 2. The summed E-state index contributed by atoms with van der Waals surface area (Å²) < 4.78 is 35.2. The SMILES string of the molecule is CNC(=O)CC1C(=O)N(C(C)C)Oc2c(-c3cn(C)c(=O)c4c3ccn4S(=O)(=O)c3ccc(C)cc3)cc(OC)cc21. The minimum absolute atomic E-state index is 0.0401. The van der Waals surface area contributed by atoms with Gasteiger partial charge in [-0.2, -0.15) is 5.06 Å². The maximum absolute atomic E-state index is 13.7. The zero-order valence-corrected chi connectivity index (χ0v) is 25.0. The lowest BCUT2D eigenvalue weighted by Gasteiger charge is -2.36. The summed E-state index contributed by atoms with van der Waals surface area (Å²) in [5, 5.41) is 4.17. The Kier molecular flexibility index (Phi) is 7.35. The number of carbonyl (C=O) groups excluding carboxylic acids is 2.